The Morgan fingerprint density at radius 1 is 1.47 bits per heavy atom. The molecule has 1 rings (SSSR count). The predicted octanol–water partition coefficient (Wildman–Crippen LogP) is 3.26. The third-order valence-corrected chi connectivity index (χ3v) is 5.00. The Morgan fingerprint density at radius 2 is 2.12 bits per heavy atom. The van der Waals surface area contributed by atoms with Crippen LogP contribution in [0.3, 0.4) is 0 Å². The highest BCUT2D eigenvalue weighted by Crippen LogP contribution is 2.25. The summed E-state index contributed by atoms with van der Waals surface area (Å²) in [5.74, 6) is 0.469. The van der Waals surface area contributed by atoms with Crippen molar-refractivity contribution in [2.75, 3.05) is 12.4 Å². The van der Waals surface area contributed by atoms with Gasteiger partial charge in [0.1, 0.15) is 4.90 Å². The van der Waals surface area contributed by atoms with Crippen LogP contribution in [0.15, 0.2) is 27.6 Å². The summed E-state index contributed by atoms with van der Waals surface area (Å²) in [6.45, 7) is 2.15. The number of alkyl halides is 1. The minimum Gasteiger partial charge on any atom is -0.211 e. The van der Waals surface area contributed by atoms with Gasteiger partial charge in [-0.25, -0.2) is 13.1 Å². The second-order valence-electron chi connectivity index (χ2n) is 3.69. The molecule has 1 N–H and O–H groups in total. The summed E-state index contributed by atoms with van der Waals surface area (Å²) >= 11 is 14.7. The molecule has 1 unspecified atom stereocenters. The van der Waals surface area contributed by atoms with Gasteiger partial charge in [0, 0.05) is 16.9 Å². The van der Waals surface area contributed by atoms with Crippen LogP contribution in [0.25, 0.3) is 0 Å². The normalized spacial score (nSPS) is 13.6. The molecule has 0 aliphatic heterocycles. The Hall–Kier alpha value is 0.190. The van der Waals surface area contributed by atoms with Gasteiger partial charge in [-0.3, -0.25) is 0 Å². The fourth-order valence-corrected chi connectivity index (χ4v) is 3.39. The summed E-state index contributed by atoms with van der Waals surface area (Å²) in [4.78, 5) is 0.0733. The van der Waals surface area contributed by atoms with E-state index in [9.17, 15) is 8.42 Å². The monoisotopic (exact) mass is 359 g/mol. The van der Waals surface area contributed by atoms with E-state index in [0.717, 1.165) is 4.47 Å². The highest BCUT2D eigenvalue weighted by Gasteiger charge is 2.18. The quantitative estimate of drug-likeness (QED) is 0.819. The van der Waals surface area contributed by atoms with Crippen LogP contribution in [0.4, 0.5) is 0 Å². The summed E-state index contributed by atoms with van der Waals surface area (Å²) < 4.78 is 27.1. The number of halogens is 3. The van der Waals surface area contributed by atoms with Crippen molar-refractivity contribution in [2.24, 2.45) is 5.92 Å². The van der Waals surface area contributed by atoms with Gasteiger partial charge in [-0.15, -0.1) is 11.6 Å². The average Bonchev–Trinajstić information content (AvgIpc) is 2.25. The van der Waals surface area contributed by atoms with Gasteiger partial charge in [-0.05, 0) is 24.1 Å². The molecule has 0 aliphatic carbocycles. The van der Waals surface area contributed by atoms with Gasteiger partial charge in [0.05, 0.1) is 5.02 Å². The first-order valence-corrected chi connectivity index (χ1v) is 8.06. The maximum Gasteiger partial charge on any atom is 0.242 e. The van der Waals surface area contributed by atoms with Gasteiger partial charge in [-0.2, -0.15) is 0 Å². The van der Waals surface area contributed by atoms with E-state index >= 15 is 0 Å². The summed E-state index contributed by atoms with van der Waals surface area (Å²) in [5.41, 5.74) is 0. The summed E-state index contributed by atoms with van der Waals surface area (Å²) in [6, 6.07) is 4.63. The van der Waals surface area contributed by atoms with E-state index in [2.05, 4.69) is 20.7 Å². The van der Waals surface area contributed by atoms with Crippen LogP contribution in [0, 0.1) is 5.92 Å². The third-order valence-electron chi connectivity index (χ3n) is 2.07. The second kappa shape index (κ2) is 6.38. The Labute approximate surface area is 120 Å². The first-order valence-electron chi connectivity index (χ1n) is 4.87. The SMILES string of the molecule is CC(CCl)CNS(=O)(=O)c1ccc(Br)cc1Cl. The molecule has 17 heavy (non-hydrogen) atoms. The Balaban J connectivity index is 2.90. The Morgan fingerprint density at radius 3 is 2.65 bits per heavy atom. The molecule has 1 atom stereocenters. The zero-order valence-corrected chi connectivity index (χ0v) is 13.0. The van der Waals surface area contributed by atoms with E-state index in [1.165, 1.54) is 6.07 Å². The van der Waals surface area contributed by atoms with E-state index in [0.29, 0.717) is 5.88 Å². The Kier molecular flexibility index (Phi) is 5.73. The number of hydrogen-bond acceptors (Lipinski definition) is 2. The molecule has 0 spiro atoms. The molecule has 0 heterocycles. The lowest BCUT2D eigenvalue weighted by Crippen LogP contribution is -2.29. The smallest absolute Gasteiger partial charge is 0.211 e. The fraction of sp³-hybridized carbons (Fsp3) is 0.400. The highest BCUT2D eigenvalue weighted by atomic mass is 79.9. The van der Waals surface area contributed by atoms with Gasteiger partial charge in [0.15, 0.2) is 0 Å². The first-order chi connectivity index (χ1) is 7.86. The molecule has 0 amide bonds. The van der Waals surface area contributed by atoms with E-state index in [1.807, 2.05) is 6.92 Å². The lowest BCUT2D eigenvalue weighted by molar-refractivity contribution is 0.562. The number of sulfonamides is 1. The van der Waals surface area contributed by atoms with Crippen LogP contribution in [0.5, 0.6) is 0 Å². The number of benzene rings is 1. The van der Waals surface area contributed by atoms with E-state index in [4.69, 9.17) is 23.2 Å². The van der Waals surface area contributed by atoms with E-state index < -0.39 is 10.0 Å². The van der Waals surface area contributed by atoms with Crippen molar-refractivity contribution in [1.29, 1.82) is 0 Å². The Bertz CT molecular complexity index is 493. The molecule has 96 valence electrons. The lowest BCUT2D eigenvalue weighted by atomic mass is 10.2. The van der Waals surface area contributed by atoms with Gasteiger partial charge < -0.3 is 0 Å². The lowest BCUT2D eigenvalue weighted by Gasteiger charge is -2.11. The molecule has 1 aromatic rings. The van der Waals surface area contributed by atoms with Crippen molar-refractivity contribution >= 4 is 49.2 Å². The zero-order valence-electron chi connectivity index (χ0n) is 9.08. The van der Waals surface area contributed by atoms with Gasteiger partial charge in [-0.1, -0.05) is 34.5 Å². The van der Waals surface area contributed by atoms with Crippen molar-refractivity contribution < 1.29 is 8.42 Å². The summed E-state index contributed by atoms with van der Waals surface area (Å²) in [7, 11) is -3.57. The largest absolute Gasteiger partial charge is 0.242 e. The molecule has 0 aliphatic rings. The molecular weight excluding hydrogens is 349 g/mol. The first kappa shape index (κ1) is 15.2. The van der Waals surface area contributed by atoms with Crippen molar-refractivity contribution in [1.82, 2.24) is 4.72 Å². The summed E-state index contributed by atoms with van der Waals surface area (Å²) in [5, 5.41) is 0.186. The van der Waals surface area contributed by atoms with Crippen LogP contribution in [0.2, 0.25) is 5.02 Å². The van der Waals surface area contributed by atoms with Crippen molar-refractivity contribution in [3.8, 4) is 0 Å². The van der Waals surface area contributed by atoms with Crippen LogP contribution < -0.4 is 4.72 Å². The average molecular weight is 361 g/mol. The number of hydrogen-bond donors (Lipinski definition) is 1. The standard InChI is InChI=1S/C10H12BrCl2NO2S/c1-7(5-12)6-14-17(15,16)10-3-2-8(11)4-9(10)13/h2-4,7,14H,5-6H2,1H3. The van der Waals surface area contributed by atoms with Crippen LogP contribution in [-0.4, -0.2) is 20.8 Å². The number of nitrogens with one attached hydrogen (secondary N) is 1. The second-order valence-corrected chi connectivity index (χ2v) is 7.05. The molecule has 0 fully saturated rings. The number of rotatable bonds is 5. The zero-order chi connectivity index (χ0) is 13.1. The topological polar surface area (TPSA) is 46.2 Å². The molecule has 0 saturated carbocycles. The molecule has 0 saturated heterocycles. The van der Waals surface area contributed by atoms with E-state index in [-0.39, 0.29) is 22.4 Å². The van der Waals surface area contributed by atoms with E-state index in [1.54, 1.807) is 12.1 Å². The fourth-order valence-electron chi connectivity index (χ4n) is 1.08. The minimum atomic E-state index is -3.57. The predicted molar refractivity (Wildman–Crippen MR) is 74.2 cm³/mol. The molecule has 1 aromatic carbocycles. The molecule has 3 nitrogen and oxygen atoms in total. The van der Waals surface area contributed by atoms with Gasteiger partial charge in [0.25, 0.3) is 0 Å². The van der Waals surface area contributed by atoms with Gasteiger partial charge >= 0.3 is 0 Å². The molecule has 7 heteroatoms. The summed E-state index contributed by atoms with van der Waals surface area (Å²) in [6.07, 6.45) is 0. The van der Waals surface area contributed by atoms with Crippen LogP contribution in [-0.2, 0) is 10.0 Å². The minimum absolute atomic E-state index is 0.0701. The van der Waals surface area contributed by atoms with Crippen molar-refractivity contribution in [3.63, 3.8) is 0 Å². The van der Waals surface area contributed by atoms with Gasteiger partial charge in [0.2, 0.25) is 10.0 Å². The third kappa shape index (κ3) is 4.41. The maximum absolute atomic E-state index is 11.9. The highest BCUT2D eigenvalue weighted by molar-refractivity contribution is 9.10. The van der Waals surface area contributed by atoms with Crippen molar-refractivity contribution in [3.05, 3.63) is 27.7 Å². The maximum atomic E-state index is 11.9. The molecule has 0 bridgehead atoms. The molecule has 0 radical (unpaired) electrons. The molecule has 0 aromatic heterocycles. The van der Waals surface area contributed by atoms with Crippen LogP contribution >= 0.6 is 39.1 Å². The molecular formula is C10H12BrCl2NO2S. The van der Waals surface area contributed by atoms with Crippen LogP contribution in [0.1, 0.15) is 6.92 Å². The van der Waals surface area contributed by atoms with Crippen molar-refractivity contribution in [2.45, 2.75) is 11.8 Å².